The Morgan fingerprint density at radius 3 is 2.25 bits per heavy atom. The van der Waals surface area contributed by atoms with Crippen LogP contribution in [0.15, 0.2) is 11.6 Å². The largest absolute Gasteiger partial charge is 0.299 e. The standard InChI is InChI=1S/C5H6Cl2O/c1-4(2-3-8)5(6)7/h2-3,5H,1H3. The van der Waals surface area contributed by atoms with Gasteiger partial charge < -0.3 is 0 Å². The second kappa shape index (κ2) is 3.93. The van der Waals surface area contributed by atoms with Crippen LogP contribution in [0.5, 0.6) is 0 Å². The van der Waals surface area contributed by atoms with Crippen LogP contribution in [0.4, 0.5) is 0 Å². The van der Waals surface area contributed by atoms with Crippen LogP contribution in [0.2, 0.25) is 0 Å². The highest BCUT2D eigenvalue weighted by Crippen LogP contribution is 2.11. The molecule has 0 aliphatic heterocycles. The predicted octanol–water partition coefficient (Wildman–Crippen LogP) is 1.94. The maximum absolute atomic E-state index is 9.73. The number of aldehydes is 1. The highest BCUT2D eigenvalue weighted by atomic mass is 35.5. The Balaban J connectivity index is 3.78. The first-order valence-electron chi connectivity index (χ1n) is 2.08. The molecule has 0 saturated carbocycles. The van der Waals surface area contributed by atoms with Gasteiger partial charge in [0.1, 0.15) is 11.1 Å². The summed E-state index contributed by atoms with van der Waals surface area (Å²) in [5.41, 5.74) is 0.670. The van der Waals surface area contributed by atoms with Crippen molar-refractivity contribution in [2.75, 3.05) is 0 Å². The van der Waals surface area contributed by atoms with Crippen LogP contribution in [0.25, 0.3) is 0 Å². The molecule has 0 spiro atoms. The van der Waals surface area contributed by atoms with Gasteiger partial charge in [-0.3, -0.25) is 4.79 Å². The molecule has 46 valence electrons. The first kappa shape index (κ1) is 7.99. The van der Waals surface area contributed by atoms with Crippen molar-refractivity contribution in [3.05, 3.63) is 11.6 Å². The molecule has 0 aliphatic carbocycles. The number of carbonyl (C=O) groups is 1. The molecule has 8 heavy (non-hydrogen) atoms. The van der Waals surface area contributed by atoms with E-state index >= 15 is 0 Å². The number of halogens is 2. The molecule has 0 rings (SSSR count). The number of alkyl halides is 2. The van der Waals surface area contributed by atoms with Gasteiger partial charge in [0.25, 0.3) is 0 Å². The third-order valence-corrected chi connectivity index (χ3v) is 1.36. The lowest BCUT2D eigenvalue weighted by atomic mass is 10.3. The fourth-order valence-corrected chi connectivity index (χ4v) is 0.326. The number of allylic oxidation sites excluding steroid dienone is 2. The molecule has 0 radical (unpaired) electrons. The zero-order valence-corrected chi connectivity index (χ0v) is 5.91. The van der Waals surface area contributed by atoms with E-state index in [-0.39, 0.29) is 0 Å². The van der Waals surface area contributed by atoms with Crippen LogP contribution in [0.3, 0.4) is 0 Å². The molecule has 0 aliphatic rings. The average molecular weight is 153 g/mol. The molecule has 0 aromatic rings. The van der Waals surface area contributed by atoms with E-state index in [1.165, 1.54) is 6.08 Å². The fourth-order valence-electron chi connectivity index (χ4n) is 0.180. The number of carbonyl (C=O) groups excluding carboxylic acids is 1. The van der Waals surface area contributed by atoms with Gasteiger partial charge in [0, 0.05) is 0 Å². The molecule has 0 fully saturated rings. The minimum Gasteiger partial charge on any atom is -0.299 e. The summed E-state index contributed by atoms with van der Waals surface area (Å²) in [6.07, 6.45) is 2.00. The van der Waals surface area contributed by atoms with Crippen molar-refractivity contribution in [1.29, 1.82) is 0 Å². The zero-order valence-electron chi connectivity index (χ0n) is 4.40. The predicted molar refractivity (Wildman–Crippen MR) is 35.3 cm³/mol. The van der Waals surface area contributed by atoms with E-state index in [1.54, 1.807) is 6.92 Å². The molecular weight excluding hydrogens is 147 g/mol. The Morgan fingerprint density at radius 1 is 1.62 bits per heavy atom. The molecule has 3 heteroatoms. The first-order chi connectivity index (χ1) is 3.68. The smallest absolute Gasteiger partial charge is 0.142 e. The van der Waals surface area contributed by atoms with E-state index in [4.69, 9.17) is 23.2 Å². The van der Waals surface area contributed by atoms with Gasteiger partial charge in [-0.2, -0.15) is 0 Å². The monoisotopic (exact) mass is 152 g/mol. The van der Waals surface area contributed by atoms with E-state index in [0.29, 0.717) is 11.9 Å². The lowest BCUT2D eigenvalue weighted by Crippen LogP contribution is -1.87. The summed E-state index contributed by atoms with van der Waals surface area (Å²) in [5, 5.41) is 0. The van der Waals surface area contributed by atoms with Crippen molar-refractivity contribution in [2.45, 2.75) is 11.8 Å². The minimum absolute atomic E-state index is 0.555. The van der Waals surface area contributed by atoms with Crippen LogP contribution in [0, 0.1) is 0 Å². The molecule has 0 bridgehead atoms. The average Bonchev–Trinajstić information content (AvgIpc) is 1.67. The summed E-state index contributed by atoms with van der Waals surface area (Å²) >= 11 is 10.7. The van der Waals surface area contributed by atoms with Gasteiger partial charge in [0.15, 0.2) is 0 Å². The molecule has 0 N–H and O–H groups in total. The lowest BCUT2D eigenvalue weighted by Gasteiger charge is -1.94. The molecule has 0 aromatic carbocycles. The summed E-state index contributed by atoms with van der Waals surface area (Å²) in [6, 6.07) is 0. The molecule has 0 amide bonds. The van der Waals surface area contributed by atoms with Crippen LogP contribution in [-0.4, -0.2) is 11.1 Å². The Hall–Kier alpha value is -0.0100. The van der Waals surface area contributed by atoms with Crippen LogP contribution >= 0.6 is 23.2 Å². The van der Waals surface area contributed by atoms with E-state index in [9.17, 15) is 4.79 Å². The van der Waals surface area contributed by atoms with Crippen molar-refractivity contribution in [1.82, 2.24) is 0 Å². The maximum atomic E-state index is 9.73. The summed E-state index contributed by atoms with van der Waals surface area (Å²) in [6.45, 7) is 1.69. The molecular formula is C5H6Cl2O. The molecule has 0 aromatic heterocycles. The third-order valence-electron chi connectivity index (χ3n) is 0.675. The van der Waals surface area contributed by atoms with Gasteiger partial charge in [-0.1, -0.05) is 0 Å². The molecule has 0 saturated heterocycles. The number of hydrogen-bond donors (Lipinski definition) is 0. The molecule has 0 heterocycles. The highest BCUT2D eigenvalue weighted by molar-refractivity contribution is 6.46. The zero-order chi connectivity index (χ0) is 6.57. The van der Waals surface area contributed by atoms with Gasteiger partial charge in [0.2, 0.25) is 0 Å². The van der Waals surface area contributed by atoms with Crippen molar-refractivity contribution in [3.63, 3.8) is 0 Å². The van der Waals surface area contributed by atoms with Crippen molar-refractivity contribution in [2.24, 2.45) is 0 Å². The van der Waals surface area contributed by atoms with E-state index < -0.39 is 4.84 Å². The van der Waals surface area contributed by atoms with Gasteiger partial charge in [-0.25, -0.2) is 0 Å². The maximum Gasteiger partial charge on any atom is 0.142 e. The Morgan fingerprint density at radius 2 is 2.12 bits per heavy atom. The third kappa shape index (κ3) is 3.05. The van der Waals surface area contributed by atoms with Crippen LogP contribution < -0.4 is 0 Å². The second-order valence-corrected chi connectivity index (χ2v) is 2.44. The Bertz CT molecular complexity index is 107. The van der Waals surface area contributed by atoms with Crippen molar-refractivity contribution in [3.8, 4) is 0 Å². The van der Waals surface area contributed by atoms with Gasteiger partial charge >= 0.3 is 0 Å². The van der Waals surface area contributed by atoms with E-state index in [0.717, 1.165) is 0 Å². The molecule has 1 nitrogen and oxygen atoms in total. The van der Waals surface area contributed by atoms with Crippen LogP contribution in [0.1, 0.15) is 6.92 Å². The first-order valence-corrected chi connectivity index (χ1v) is 2.96. The van der Waals surface area contributed by atoms with E-state index in [2.05, 4.69) is 0 Å². The van der Waals surface area contributed by atoms with Gasteiger partial charge in [-0.15, -0.1) is 23.2 Å². The highest BCUT2D eigenvalue weighted by Gasteiger charge is 1.97. The SMILES string of the molecule is CC(=CC=O)C(Cl)Cl. The lowest BCUT2D eigenvalue weighted by molar-refractivity contribution is -0.104. The summed E-state index contributed by atoms with van der Waals surface area (Å²) in [4.78, 5) is 9.17. The quantitative estimate of drug-likeness (QED) is 0.336. The topological polar surface area (TPSA) is 17.1 Å². The normalized spacial score (nSPS) is 12.2. The number of rotatable bonds is 2. The van der Waals surface area contributed by atoms with Gasteiger partial charge in [0.05, 0.1) is 0 Å². The summed E-state index contributed by atoms with van der Waals surface area (Å²) in [5.74, 6) is 0. The summed E-state index contributed by atoms with van der Waals surface area (Å²) < 4.78 is 0. The van der Waals surface area contributed by atoms with Crippen molar-refractivity contribution >= 4 is 29.5 Å². The second-order valence-electron chi connectivity index (χ2n) is 1.35. The van der Waals surface area contributed by atoms with Crippen LogP contribution in [-0.2, 0) is 4.79 Å². The molecule has 0 atom stereocenters. The number of hydrogen-bond acceptors (Lipinski definition) is 1. The van der Waals surface area contributed by atoms with Crippen molar-refractivity contribution < 1.29 is 4.79 Å². The molecule has 0 unspecified atom stereocenters. The minimum atomic E-state index is -0.555. The summed E-state index contributed by atoms with van der Waals surface area (Å²) in [7, 11) is 0. The van der Waals surface area contributed by atoms with Gasteiger partial charge in [-0.05, 0) is 18.6 Å². The fraction of sp³-hybridized carbons (Fsp3) is 0.400. The Kier molecular flexibility index (Phi) is 3.92. The Labute approximate surface area is 58.3 Å². The van der Waals surface area contributed by atoms with E-state index in [1.807, 2.05) is 0 Å².